The lowest BCUT2D eigenvalue weighted by Crippen LogP contribution is -2.13. The van der Waals surface area contributed by atoms with Gasteiger partial charge >= 0.3 is 6.18 Å². The fraction of sp³-hybridized carbons (Fsp3) is 0.571. The molecule has 0 aromatic heterocycles. The minimum absolute atomic E-state index is 0.334. The Hall–Kier alpha value is -0.680. The van der Waals surface area contributed by atoms with Crippen LogP contribution in [0.1, 0.15) is 37.8 Å². The first-order valence-electron chi connectivity index (χ1n) is 6.52. The van der Waals surface area contributed by atoms with Gasteiger partial charge in [-0.3, -0.25) is 0 Å². The average molecular weight is 291 g/mol. The molecule has 0 aliphatic carbocycles. The third kappa shape index (κ3) is 5.45. The van der Waals surface area contributed by atoms with Gasteiger partial charge in [0.05, 0.1) is 5.56 Å². The van der Waals surface area contributed by atoms with Crippen molar-refractivity contribution in [1.29, 1.82) is 0 Å². The normalized spacial score (nSPS) is 11.8. The van der Waals surface area contributed by atoms with Gasteiger partial charge in [-0.05, 0) is 36.4 Å². The number of unbranched alkanes of at least 4 members (excludes halogenated alkanes) is 1. The SMILES string of the molecule is CCCCSc1ccc(CNCC)cc1C(F)(F)F. The molecular weight excluding hydrogens is 271 g/mol. The van der Waals surface area contributed by atoms with Gasteiger partial charge in [-0.25, -0.2) is 0 Å². The molecule has 0 atom stereocenters. The minimum Gasteiger partial charge on any atom is -0.313 e. The van der Waals surface area contributed by atoms with Crippen LogP contribution in [-0.2, 0) is 12.7 Å². The largest absolute Gasteiger partial charge is 0.417 e. The van der Waals surface area contributed by atoms with Crippen LogP contribution in [-0.4, -0.2) is 12.3 Å². The van der Waals surface area contributed by atoms with E-state index < -0.39 is 11.7 Å². The van der Waals surface area contributed by atoms with Gasteiger partial charge in [0.25, 0.3) is 0 Å². The highest BCUT2D eigenvalue weighted by atomic mass is 32.2. The summed E-state index contributed by atoms with van der Waals surface area (Å²) >= 11 is 1.29. The summed E-state index contributed by atoms with van der Waals surface area (Å²) in [6.07, 6.45) is -2.36. The minimum atomic E-state index is -4.28. The zero-order valence-corrected chi connectivity index (χ0v) is 12.1. The van der Waals surface area contributed by atoms with Crippen LogP contribution in [0.5, 0.6) is 0 Å². The Balaban J connectivity index is 2.90. The van der Waals surface area contributed by atoms with Gasteiger partial charge in [0, 0.05) is 11.4 Å². The summed E-state index contributed by atoms with van der Waals surface area (Å²) < 4.78 is 39.1. The summed E-state index contributed by atoms with van der Waals surface area (Å²) in [4.78, 5) is 0.334. The Morgan fingerprint density at radius 1 is 1.21 bits per heavy atom. The van der Waals surface area contributed by atoms with Gasteiger partial charge in [0.1, 0.15) is 0 Å². The van der Waals surface area contributed by atoms with E-state index in [2.05, 4.69) is 5.32 Å². The molecule has 0 saturated carbocycles. The first kappa shape index (κ1) is 16.4. The second-order valence-corrected chi connectivity index (χ2v) is 5.45. The predicted octanol–water partition coefficient (Wildman–Crippen LogP) is 4.71. The summed E-state index contributed by atoms with van der Waals surface area (Å²) in [5, 5.41) is 3.04. The quantitative estimate of drug-likeness (QED) is 0.577. The van der Waals surface area contributed by atoms with Crippen molar-refractivity contribution in [3.8, 4) is 0 Å². The third-order valence-electron chi connectivity index (χ3n) is 2.68. The first-order chi connectivity index (χ1) is 8.99. The lowest BCUT2D eigenvalue weighted by molar-refractivity contribution is -0.139. The van der Waals surface area contributed by atoms with Gasteiger partial charge in [-0.1, -0.05) is 26.3 Å². The summed E-state index contributed by atoms with van der Waals surface area (Å²) in [5.74, 6) is 0.728. The topological polar surface area (TPSA) is 12.0 Å². The Morgan fingerprint density at radius 2 is 1.95 bits per heavy atom. The number of rotatable bonds is 7. The zero-order valence-electron chi connectivity index (χ0n) is 11.3. The van der Waals surface area contributed by atoms with E-state index in [0.29, 0.717) is 17.0 Å². The maximum Gasteiger partial charge on any atom is 0.417 e. The molecule has 5 heteroatoms. The third-order valence-corrected chi connectivity index (χ3v) is 3.84. The number of halogens is 3. The highest BCUT2D eigenvalue weighted by molar-refractivity contribution is 7.99. The van der Waals surface area contributed by atoms with Crippen molar-refractivity contribution in [2.24, 2.45) is 0 Å². The fourth-order valence-corrected chi connectivity index (χ4v) is 2.78. The van der Waals surface area contributed by atoms with E-state index in [1.807, 2.05) is 13.8 Å². The fourth-order valence-electron chi connectivity index (χ4n) is 1.63. The Morgan fingerprint density at radius 3 is 2.53 bits per heavy atom. The molecule has 0 aliphatic heterocycles. The van der Waals surface area contributed by atoms with E-state index in [1.54, 1.807) is 12.1 Å². The molecule has 0 aliphatic rings. The van der Waals surface area contributed by atoms with E-state index in [1.165, 1.54) is 17.8 Å². The molecule has 0 fully saturated rings. The van der Waals surface area contributed by atoms with Crippen molar-refractivity contribution in [2.45, 2.75) is 44.3 Å². The van der Waals surface area contributed by atoms with E-state index in [4.69, 9.17) is 0 Å². The molecule has 1 aromatic carbocycles. The standard InChI is InChI=1S/C14H20F3NS/c1-3-5-8-19-13-7-6-11(10-18-4-2)9-12(13)14(15,16)17/h6-7,9,18H,3-5,8,10H2,1-2H3. The van der Waals surface area contributed by atoms with Crippen molar-refractivity contribution >= 4 is 11.8 Å². The Bertz CT molecular complexity index is 391. The van der Waals surface area contributed by atoms with Gasteiger partial charge in [0.15, 0.2) is 0 Å². The number of alkyl halides is 3. The highest BCUT2D eigenvalue weighted by Gasteiger charge is 2.33. The molecule has 1 nitrogen and oxygen atoms in total. The number of hydrogen-bond donors (Lipinski definition) is 1. The van der Waals surface area contributed by atoms with Crippen molar-refractivity contribution in [1.82, 2.24) is 5.32 Å². The molecule has 0 spiro atoms. The molecule has 1 aromatic rings. The predicted molar refractivity (Wildman–Crippen MR) is 74.5 cm³/mol. The molecule has 108 valence electrons. The molecule has 1 N–H and O–H groups in total. The molecular formula is C14H20F3NS. The average Bonchev–Trinajstić information content (AvgIpc) is 2.36. The smallest absolute Gasteiger partial charge is 0.313 e. The molecule has 0 saturated heterocycles. The Kier molecular flexibility index (Phi) is 6.72. The van der Waals surface area contributed by atoms with Crippen molar-refractivity contribution < 1.29 is 13.2 Å². The number of nitrogens with one attached hydrogen (secondary N) is 1. The van der Waals surface area contributed by atoms with Crippen LogP contribution in [0, 0.1) is 0 Å². The van der Waals surface area contributed by atoms with Crippen LogP contribution >= 0.6 is 11.8 Å². The second kappa shape index (κ2) is 7.80. The number of thioether (sulfide) groups is 1. The molecule has 19 heavy (non-hydrogen) atoms. The van der Waals surface area contributed by atoms with Crippen LogP contribution in [0.15, 0.2) is 23.1 Å². The van der Waals surface area contributed by atoms with Gasteiger partial charge < -0.3 is 5.32 Å². The summed E-state index contributed by atoms with van der Waals surface area (Å²) in [7, 11) is 0. The lowest BCUT2D eigenvalue weighted by Gasteiger charge is -2.14. The molecule has 0 bridgehead atoms. The number of benzene rings is 1. The van der Waals surface area contributed by atoms with E-state index >= 15 is 0 Å². The van der Waals surface area contributed by atoms with Crippen LogP contribution in [0.2, 0.25) is 0 Å². The summed E-state index contributed by atoms with van der Waals surface area (Å²) in [6.45, 7) is 5.18. The summed E-state index contributed by atoms with van der Waals surface area (Å²) in [6, 6.07) is 4.62. The van der Waals surface area contributed by atoms with E-state index in [-0.39, 0.29) is 0 Å². The summed E-state index contributed by atoms with van der Waals surface area (Å²) in [5.41, 5.74) is 0.165. The van der Waals surface area contributed by atoms with Gasteiger partial charge in [-0.2, -0.15) is 13.2 Å². The Labute approximate surface area is 117 Å². The number of hydrogen-bond acceptors (Lipinski definition) is 2. The molecule has 0 unspecified atom stereocenters. The van der Waals surface area contributed by atoms with Gasteiger partial charge in [0.2, 0.25) is 0 Å². The second-order valence-electron chi connectivity index (χ2n) is 4.31. The van der Waals surface area contributed by atoms with E-state index in [0.717, 1.165) is 25.1 Å². The van der Waals surface area contributed by atoms with Crippen molar-refractivity contribution in [3.63, 3.8) is 0 Å². The molecule has 0 radical (unpaired) electrons. The first-order valence-corrected chi connectivity index (χ1v) is 7.51. The van der Waals surface area contributed by atoms with Gasteiger partial charge in [-0.15, -0.1) is 11.8 Å². The molecule has 0 amide bonds. The zero-order chi connectivity index (χ0) is 14.3. The van der Waals surface area contributed by atoms with Crippen molar-refractivity contribution in [3.05, 3.63) is 29.3 Å². The van der Waals surface area contributed by atoms with Crippen LogP contribution in [0.4, 0.5) is 13.2 Å². The van der Waals surface area contributed by atoms with Crippen LogP contribution in [0.3, 0.4) is 0 Å². The highest BCUT2D eigenvalue weighted by Crippen LogP contribution is 2.37. The monoisotopic (exact) mass is 291 g/mol. The lowest BCUT2D eigenvalue weighted by atomic mass is 10.1. The van der Waals surface area contributed by atoms with Crippen molar-refractivity contribution in [2.75, 3.05) is 12.3 Å². The molecule has 1 rings (SSSR count). The molecule has 0 heterocycles. The van der Waals surface area contributed by atoms with Crippen LogP contribution in [0.25, 0.3) is 0 Å². The van der Waals surface area contributed by atoms with Crippen LogP contribution < -0.4 is 5.32 Å². The van der Waals surface area contributed by atoms with E-state index in [9.17, 15) is 13.2 Å². The maximum atomic E-state index is 13.0. The maximum absolute atomic E-state index is 13.0.